The highest BCUT2D eigenvalue weighted by atomic mass is 19.3. The zero-order valence-electron chi connectivity index (χ0n) is 16.9. The van der Waals surface area contributed by atoms with E-state index in [2.05, 4.69) is 4.74 Å². The molecule has 0 heterocycles. The van der Waals surface area contributed by atoms with E-state index in [4.69, 9.17) is 4.74 Å². The molecule has 0 radical (unpaired) electrons. The van der Waals surface area contributed by atoms with Crippen molar-refractivity contribution >= 4 is 17.7 Å². The van der Waals surface area contributed by atoms with Gasteiger partial charge in [0.15, 0.2) is 0 Å². The van der Waals surface area contributed by atoms with Gasteiger partial charge in [-0.25, -0.2) is 4.79 Å². The van der Waals surface area contributed by atoms with Crippen molar-refractivity contribution < 1.29 is 41.4 Å². The van der Waals surface area contributed by atoms with E-state index in [1.807, 2.05) is 0 Å². The van der Waals surface area contributed by atoms with E-state index in [1.165, 1.54) is 0 Å². The first-order chi connectivity index (χ1) is 13.3. The molecule has 0 amide bonds. The van der Waals surface area contributed by atoms with Crippen LogP contribution in [0.15, 0.2) is 0 Å². The second kappa shape index (κ2) is 8.60. The van der Waals surface area contributed by atoms with Crippen LogP contribution >= 0.6 is 0 Å². The summed E-state index contributed by atoms with van der Waals surface area (Å²) in [6, 6.07) is 0. The second-order valence-corrected chi connectivity index (χ2v) is 8.74. The van der Waals surface area contributed by atoms with E-state index in [1.54, 1.807) is 20.8 Å². The van der Waals surface area contributed by atoms with Gasteiger partial charge in [-0.1, -0.05) is 13.3 Å². The normalized spacial score (nSPS) is 24.4. The van der Waals surface area contributed by atoms with Gasteiger partial charge in [-0.05, 0) is 51.4 Å². The molecule has 0 saturated heterocycles. The molecule has 2 aliphatic carbocycles. The van der Waals surface area contributed by atoms with Gasteiger partial charge in [0.05, 0.1) is 11.8 Å². The number of ketones is 1. The number of Topliss-reactive ketones (excluding diaryl/α,β-unsaturated/α-hetero) is 1. The summed E-state index contributed by atoms with van der Waals surface area (Å²) in [5.74, 6) is -14.0. The van der Waals surface area contributed by atoms with E-state index < -0.39 is 60.5 Å². The molecule has 2 fully saturated rings. The highest BCUT2D eigenvalue weighted by Crippen LogP contribution is 2.51. The van der Waals surface area contributed by atoms with Gasteiger partial charge in [0, 0.05) is 5.92 Å². The fourth-order valence-electron chi connectivity index (χ4n) is 3.99. The molecule has 0 N–H and O–H groups in total. The summed E-state index contributed by atoms with van der Waals surface area (Å²) >= 11 is 0. The van der Waals surface area contributed by atoms with Crippen LogP contribution < -0.4 is 0 Å². The summed E-state index contributed by atoms with van der Waals surface area (Å²) in [7, 11) is 0. The lowest BCUT2D eigenvalue weighted by Gasteiger charge is -2.27. The summed E-state index contributed by atoms with van der Waals surface area (Å²) in [5.41, 5.74) is -0.782. The molecular formula is C20H28F4O5. The zero-order valence-corrected chi connectivity index (χ0v) is 16.9. The number of alkyl halides is 4. The van der Waals surface area contributed by atoms with Crippen LogP contribution in [0.25, 0.3) is 0 Å². The molecule has 2 saturated carbocycles. The van der Waals surface area contributed by atoms with Gasteiger partial charge in [-0.15, -0.1) is 0 Å². The number of carbonyl (C=O) groups is 3. The van der Waals surface area contributed by atoms with E-state index >= 15 is 0 Å². The van der Waals surface area contributed by atoms with Crippen molar-refractivity contribution in [1.29, 1.82) is 0 Å². The number of rotatable bonds is 10. The largest absolute Gasteiger partial charge is 0.462 e. The molecule has 2 aliphatic rings. The number of hydrogen-bond acceptors (Lipinski definition) is 5. The molecular weight excluding hydrogens is 396 g/mol. The lowest BCUT2D eigenvalue weighted by Crippen LogP contribution is -2.45. The lowest BCUT2D eigenvalue weighted by molar-refractivity contribution is -0.189. The van der Waals surface area contributed by atoms with Crippen LogP contribution in [0.2, 0.25) is 0 Å². The minimum atomic E-state index is -4.52. The quantitative estimate of drug-likeness (QED) is 0.299. The minimum Gasteiger partial charge on any atom is -0.462 e. The number of halogens is 4. The lowest BCUT2D eigenvalue weighted by atomic mass is 9.82. The molecule has 0 aromatic heterocycles. The zero-order chi connectivity index (χ0) is 22.0. The van der Waals surface area contributed by atoms with Crippen molar-refractivity contribution in [2.24, 2.45) is 23.2 Å². The first-order valence-electron chi connectivity index (χ1n) is 9.94. The van der Waals surface area contributed by atoms with Crippen molar-refractivity contribution in [1.82, 2.24) is 0 Å². The van der Waals surface area contributed by atoms with Crippen molar-refractivity contribution in [2.45, 2.75) is 71.1 Å². The van der Waals surface area contributed by atoms with Gasteiger partial charge < -0.3 is 9.47 Å². The average molecular weight is 424 g/mol. The summed E-state index contributed by atoms with van der Waals surface area (Å²) in [4.78, 5) is 35.4. The van der Waals surface area contributed by atoms with Crippen LogP contribution in [0.1, 0.15) is 59.3 Å². The predicted octanol–water partition coefficient (Wildman–Crippen LogP) is 4.18. The molecule has 3 unspecified atom stereocenters. The maximum Gasteiger partial charge on any atom is 0.377 e. The molecule has 166 valence electrons. The minimum absolute atomic E-state index is 0.180. The maximum absolute atomic E-state index is 14.2. The Morgan fingerprint density at radius 1 is 0.897 bits per heavy atom. The van der Waals surface area contributed by atoms with E-state index in [0.29, 0.717) is 25.7 Å². The van der Waals surface area contributed by atoms with Crippen molar-refractivity contribution in [3.05, 3.63) is 0 Å². The molecule has 3 atom stereocenters. The Bertz CT molecular complexity index is 647. The number of carbonyl (C=O) groups excluding carboxylic acids is 3. The van der Waals surface area contributed by atoms with Crippen molar-refractivity contribution in [3.8, 4) is 0 Å². The van der Waals surface area contributed by atoms with Gasteiger partial charge in [-0.3, -0.25) is 9.59 Å². The molecule has 2 bridgehead atoms. The molecule has 5 nitrogen and oxygen atoms in total. The van der Waals surface area contributed by atoms with Crippen LogP contribution in [0.3, 0.4) is 0 Å². The first kappa shape index (κ1) is 23.6. The maximum atomic E-state index is 14.2. The van der Waals surface area contributed by atoms with E-state index in [9.17, 15) is 31.9 Å². The highest BCUT2D eigenvalue weighted by Gasteiger charge is 2.57. The van der Waals surface area contributed by atoms with Crippen LogP contribution in [-0.2, 0) is 23.9 Å². The Balaban J connectivity index is 1.83. The van der Waals surface area contributed by atoms with Gasteiger partial charge in [0.25, 0.3) is 0 Å². The third kappa shape index (κ3) is 5.48. The molecule has 9 heteroatoms. The topological polar surface area (TPSA) is 69.7 Å². The Morgan fingerprint density at radius 2 is 1.48 bits per heavy atom. The third-order valence-electron chi connectivity index (χ3n) is 6.16. The van der Waals surface area contributed by atoms with E-state index in [-0.39, 0.29) is 11.8 Å². The summed E-state index contributed by atoms with van der Waals surface area (Å²) in [6.07, 6.45) is 0.780. The fourth-order valence-corrected chi connectivity index (χ4v) is 3.99. The van der Waals surface area contributed by atoms with E-state index in [0.717, 1.165) is 6.42 Å². The fraction of sp³-hybridized carbons (Fsp3) is 0.850. The van der Waals surface area contributed by atoms with Crippen LogP contribution in [-0.4, -0.2) is 42.8 Å². The van der Waals surface area contributed by atoms with Crippen LogP contribution in [0.4, 0.5) is 17.6 Å². The second-order valence-electron chi connectivity index (χ2n) is 8.74. The summed E-state index contributed by atoms with van der Waals surface area (Å²) < 4.78 is 65.5. The molecule has 0 spiro atoms. The molecule has 0 aromatic carbocycles. The number of ether oxygens (including phenoxy) is 2. The monoisotopic (exact) mass is 424 g/mol. The number of fused-ring (bicyclic) bond motifs is 2. The van der Waals surface area contributed by atoms with Crippen LogP contribution in [0, 0.1) is 23.2 Å². The Kier molecular flexibility index (Phi) is 7.00. The Hall–Kier alpha value is -1.67. The molecule has 0 aliphatic heterocycles. The number of esters is 2. The van der Waals surface area contributed by atoms with Gasteiger partial charge in [0.1, 0.15) is 13.2 Å². The smallest absolute Gasteiger partial charge is 0.377 e. The highest BCUT2D eigenvalue weighted by molar-refractivity contribution is 5.89. The van der Waals surface area contributed by atoms with Crippen molar-refractivity contribution in [2.75, 3.05) is 13.2 Å². The Labute approximate surface area is 167 Å². The van der Waals surface area contributed by atoms with Gasteiger partial charge >= 0.3 is 23.8 Å². The third-order valence-corrected chi connectivity index (χ3v) is 6.16. The van der Waals surface area contributed by atoms with Crippen LogP contribution in [0.5, 0.6) is 0 Å². The summed E-state index contributed by atoms with van der Waals surface area (Å²) in [6.45, 7) is 3.87. The average Bonchev–Trinajstić information content (AvgIpc) is 3.26. The SMILES string of the molecule is CCC(C)(C)C(=O)OCCOC(=O)C(F)(F)CC(F)(F)C(=O)C1CC2CCC1C2. The number of hydrogen-bond donors (Lipinski definition) is 0. The molecule has 29 heavy (non-hydrogen) atoms. The predicted molar refractivity (Wildman–Crippen MR) is 94.4 cm³/mol. The molecule has 0 aromatic rings. The summed E-state index contributed by atoms with van der Waals surface area (Å²) in [5, 5.41) is 0. The van der Waals surface area contributed by atoms with Gasteiger partial charge in [-0.2, -0.15) is 17.6 Å². The first-order valence-corrected chi connectivity index (χ1v) is 9.94. The van der Waals surface area contributed by atoms with Crippen molar-refractivity contribution in [3.63, 3.8) is 0 Å². The Morgan fingerprint density at radius 3 is 1.97 bits per heavy atom. The standard InChI is InChI=1S/C20H28F4O5/c1-4-18(2,3)16(26)28-7-8-29-17(27)20(23,24)11-19(21,22)15(25)14-10-12-5-6-13(14)9-12/h12-14H,4-11H2,1-3H3. The molecule has 2 rings (SSSR count). The van der Waals surface area contributed by atoms with Gasteiger partial charge in [0.2, 0.25) is 5.78 Å².